The average Bonchev–Trinajstić information content (AvgIpc) is 3.04. The predicted octanol–water partition coefficient (Wildman–Crippen LogP) is 2.73. The minimum absolute atomic E-state index is 0. The molecular formula is C18H26IN5OS. The number of rotatable bonds is 7. The molecule has 2 aromatic rings. The van der Waals surface area contributed by atoms with Crippen molar-refractivity contribution in [3.8, 4) is 0 Å². The predicted molar refractivity (Wildman–Crippen MR) is 119 cm³/mol. The molecule has 0 atom stereocenters. The molecular weight excluding hydrogens is 461 g/mol. The van der Waals surface area contributed by atoms with Gasteiger partial charge in [-0.05, 0) is 38.0 Å². The summed E-state index contributed by atoms with van der Waals surface area (Å²) in [6.07, 6.45) is 2.69. The lowest BCUT2D eigenvalue weighted by Gasteiger charge is -2.11. The molecule has 142 valence electrons. The number of hydrogen-bond donors (Lipinski definition) is 3. The summed E-state index contributed by atoms with van der Waals surface area (Å²) in [7, 11) is 1.64. The average molecular weight is 487 g/mol. The molecule has 3 N–H and O–H groups in total. The van der Waals surface area contributed by atoms with Crippen molar-refractivity contribution < 1.29 is 4.79 Å². The number of hydrogen-bond acceptors (Lipinski definition) is 4. The van der Waals surface area contributed by atoms with E-state index in [0.717, 1.165) is 40.9 Å². The molecule has 1 aromatic heterocycles. The van der Waals surface area contributed by atoms with Gasteiger partial charge in [0.1, 0.15) is 0 Å². The molecule has 0 fully saturated rings. The topological polar surface area (TPSA) is 78.4 Å². The summed E-state index contributed by atoms with van der Waals surface area (Å²) in [5.41, 5.74) is 1.80. The molecule has 26 heavy (non-hydrogen) atoms. The number of aromatic nitrogens is 1. The molecule has 0 unspecified atom stereocenters. The van der Waals surface area contributed by atoms with Gasteiger partial charge in [0.15, 0.2) is 5.96 Å². The molecule has 2 rings (SSSR count). The molecule has 6 nitrogen and oxygen atoms in total. The fraction of sp³-hybridized carbons (Fsp3) is 0.389. The van der Waals surface area contributed by atoms with Crippen LogP contribution in [0.25, 0.3) is 0 Å². The Morgan fingerprint density at radius 3 is 2.77 bits per heavy atom. The van der Waals surface area contributed by atoms with Crippen LogP contribution in [0.5, 0.6) is 0 Å². The maximum absolute atomic E-state index is 11.7. The minimum atomic E-state index is -0.0652. The Morgan fingerprint density at radius 1 is 1.31 bits per heavy atom. The third-order valence-electron chi connectivity index (χ3n) is 3.53. The van der Waals surface area contributed by atoms with Gasteiger partial charge in [-0.1, -0.05) is 12.1 Å². The summed E-state index contributed by atoms with van der Waals surface area (Å²) >= 11 is 1.66. The lowest BCUT2D eigenvalue weighted by molar-refractivity contribution is 0.0963. The van der Waals surface area contributed by atoms with E-state index in [0.29, 0.717) is 12.1 Å². The molecule has 8 heteroatoms. The van der Waals surface area contributed by atoms with Crippen LogP contribution in [0.1, 0.15) is 32.7 Å². The van der Waals surface area contributed by atoms with Gasteiger partial charge in [0.25, 0.3) is 5.91 Å². The molecule has 1 amide bonds. The van der Waals surface area contributed by atoms with Gasteiger partial charge < -0.3 is 16.0 Å². The number of aryl methyl sites for hydroxylation is 1. The van der Waals surface area contributed by atoms with Gasteiger partial charge in [-0.15, -0.1) is 35.3 Å². The van der Waals surface area contributed by atoms with Gasteiger partial charge in [0, 0.05) is 36.8 Å². The lowest BCUT2D eigenvalue weighted by Crippen LogP contribution is -2.38. The van der Waals surface area contributed by atoms with Gasteiger partial charge in [-0.3, -0.25) is 4.79 Å². The van der Waals surface area contributed by atoms with Crippen LogP contribution in [0.4, 0.5) is 0 Å². The van der Waals surface area contributed by atoms with Gasteiger partial charge >= 0.3 is 0 Å². The number of carbonyl (C=O) groups excluding carboxylic acids is 1. The lowest BCUT2D eigenvalue weighted by atomic mass is 10.1. The van der Waals surface area contributed by atoms with Crippen molar-refractivity contribution in [1.82, 2.24) is 20.9 Å². The van der Waals surface area contributed by atoms with Crippen LogP contribution in [-0.4, -0.2) is 37.0 Å². The Labute approximate surface area is 175 Å². The summed E-state index contributed by atoms with van der Waals surface area (Å²) in [6.45, 7) is 6.20. The van der Waals surface area contributed by atoms with Crippen molar-refractivity contribution in [2.24, 2.45) is 4.99 Å². The Bertz CT molecular complexity index is 732. The van der Waals surface area contributed by atoms with Crippen molar-refractivity contribution in [3.63, 3.8) is 0 Å². The molecule has 1 heterocycles. The molecule has 0 aliphatic carbocycles. The maximum Gasteiger partial charge on any atom is 0.251 e. The number of nitrogens with zero attached hydrogens (tertiary/aromatic N) is 2. The number of thiazole rings is 1. The van der Waals surface area contributed by atoms with E-state index in [1.165, 1.54) is 0 Å². The number of carbonyl (C=O) groups is 1. The van der Waals surface area contributed by atoms with E-state index in [4.69, 9.17) is 0 Å². The summed E-state index contributed by atoms with van der Waals surface area (Å²) in [6, 6.07) is 7.67. The second-order valence-corrected chi connectivity index (χ2v) is 6.82. The highest BCUT2D eigenvalue weighted by molar-refractivity contribution is 14.0. The third-order valence-corrected chi connectivity index (χ3v) is 4.43. The fourth-order valence-electron chi connectivity index (χ4n) is 2.31. The molecule has 0 bridgehead atoms. The Balaban J connectivity index is 0.00000338. The Kier molecular flexibility index (Phi) is 10.2. The fourth-order valence-corrected chi connectivity index (χ4v) is 3.03. The van der Waals surface area contributed by atoms with Crippen molar-refractivity contribution in [1.29, 1.82) is 0 Å². The van der Waals surface area contributed by atoms with E-state index in [1.807, 2.05) is 44.3 Å². The minimum Gasteiger partial charge on any atom is -0.357 e. The van der Waals surface area contributed by atoms with Crippen molar-refractivity contribution >= 4 is 47.2 Å². The smallest absolute Gasteiger partial charge is 0.251 e. The molecule has 1 aromatic carbocycles. The third kappa shape index (κ3) is 7.28. The first-order chi connectivity index (χ1) is 12.1. The van der Waals surface area contributed by atoms with Crippen LogP contribution < -0.4 is 16.0 Å². The van der Waals surface area contributed by atoms with Crippen molar-refractivity contribution in [2.45, 2.75) is 26.8 Å². The molecule has 0 saturated heterocycles. The molecule has 0 radical (unpaired) electrons. The van der Waals surface area contributed by atoms with E-state index in [9.17, 15) is 4.79 Å². The Hall–Kier alpha value is -1.68. The normalized spacial score (nSPS) is 10.8. The van der Waals surface area contributed by atoms with Crippen LogP contribution >= 0.6 is 35.3 Å². The number of aliphatic imine (C=N–C) groups is 1. The zero-order chi connectivity index (χ0) is 18.1. The van der Waals surface area contributed by atoms with Gasteiger partial charge in [0.05, 0.1) is 11.6 Å². The number of amides is 1. The van der Waals surface area contributed by atoms with Crippen molar-refractivity contribution in [3.05, 3.63) is 51.5 Å². The molecule has 0 aliphatic heterocycles. The second kappa shape index (κ2) is 11.8. The monoisotopic (exact) mass is 487 g/mol. The number of guanidine groups is 1. The summed E-state index contributed by atoms with van der Waals surface area (Å²) in [5.74, 6) is 0.723. The Morgan fingerprint density at radius 2 is 2.12 bits per heavy atom. The van der Waals surface area contributed by atoms with E-state index >= 15 is 0 Å². The van der Waals surface area contributed by atoms with E-state index in [1.54, 1.807) is 18.4 Å². The van der Waals surface area contributed by atoms with Gasteiger partial charge in [0.2, 0.25) is 0 Å². The largest absolute Gasteiger partial charge is 0.357 e. The van der Waals surface area contributed by atoms with Gasteiger partial charge in [-0.2, -0.15) is 0 Å². The maximum atomic E-state index is 11.7. The summed E-state index contributed by atoms with van der Waals surface area (Å²) in [4.78, 5) is 21.7. The first-order valence-electron chi connectivity index (χ1n) is 8.37. The molecule has 0 saturated carbocycles. The molecule has 0 spiro atoms. The van der Waals surface area contributed by atoms with Crippen molar-refractivity contribution in [2.75, 3.05) is 20.1 Å². The van der Waals surface area contributed by atoms with E-state index < -0.39 is 0 Å². The SMILES string of the molecule is CCNC(=NCc1cnc(C)s1)NCCc1cccc(C(=O)NC)c1.I. The van der Waals surface area contributed by atoms with Crippen LogP contribution in [0.3, 0.4) is 0 Å². The van der Waals surface area contributed by atoms with E-state index in [2.05, 4.69) is 25.9 Å². The van der Waals surface area contributed by atoms with Crippen LogP contribution in [0, 0.1) is 6.92 Å². The highest BCUT2D eigenvalue weighted by Crippen LogP contribution is 2.12. The quantitative estimate of drug-likeness (QED) is 0.319. The standard InChI is InChI=1S/C18H25N5OS.HI/c1-4-20-18(23-12-16-11-22-13(2)25-16)21-9-8-14-6-5-7-15(10-14)17(24)19-3;/h5-7,10-11H,4,8-9,12H2,1-3H3,(H,19,24)(H2,20,21,23);1H. The zero-order valence-corrected chi connectivity index (χ0v) is 18.5. The first-order valence-corrected chi connectivity index (χ1v) is 9.18. The van der Waals surface area contributed by atoms with Crippen LogP contribution in [0.2, 0.25) is 0 Å². The zero-order valence-electron chi connectivity index (χ0n) is 15.3. The summed E-state index contributed by atoms with van der Waals surface area (Å²) in [5, 5.41) is 10.3. The van der Waals surface area contributed by atoms with Gasteiger partial charge in [-0.25, -0.2) is 9.98 Å². The summed E-state index contributed by atoms with van der Waals surface area (Å²) < 4.78 is 0. The highest BCUT2D eigenvalue weighted by Gasteiger charge is 2.04. The van der Waals surface area contributed by atoms with E-state index in [-0.39, 0.29) is 29.9 Å². The number of halogens is 1. The highest BCUT2D eigenvalue weighted by atomic mass is 127. The molecule has 0 aliphatic rings. The number of nitrogens with one attached hydrogen (secondary N) is 3. The number of benzene rings is 1. The van der Waals surface area contributed by atoms with Crippen LogP contribution in [-0.2, 0) is 13.0 Å². The van der Waals surface area contributed by atoms with Crippen LogP contribution in [0.15, 0.2) is 35.5 Å². The first kappa shape index (κ1) is 22.4. The second-order valence-electron chi connectivity index (χ2n) is 5.50.